The normalized spacial score (nSPS) is 12.3. The maximum Gasteiger partial charge on any atom is 0.261 e. The minimum atomic E-state index is -0.635. The molecule has 1 N–H and O–H groups in total. The van der Waals surface area contributed by atoms with Crippen molar-refractivity contribution in [3.05, 3.63) is 63.1 Å². The standard InChI is InChI=1S/C25H33BrN2O3/c1-16-9-8-10-20(11-16)14-28(19(4)24(30)27-25(5,6)7)22(29)15-31-21-12-17(2)23(26)18(3)13-21/h8-13,19H,14-15H2,1-7H3,(H,27,30)/t19-/m1/s1. The van der Waals surface area contributed by atoms with Crippen molar-refractivity contribution in [2.75, 3.05) is 6.61 Å². The molecule has 5 nitrogen and oxygen atoms in total. The Bertz CT molecular complexity index is 927. The zero-order valence-corrected chi connectivity index (χ0v) is 21.1. The first-order valence-electron chi connectivity index (χ1n) is 10.4. The van der Waals surface area contributed by atoms with Crippen LogP contribution in [0.5, 0.6) is 5.75 Å². The van der Waals surface area contributed by atoms with Gasteiger partial charge >= 0.3 is 0 Å². The van der Waals surface area contributed by atoms with Crippen LogP contribution >= 0.6 is 15.9 Å². The second-order valence-corrected chi connectivity index (χ2v) is 9.88. The van der Waals surface area contributed by atoms with E-state index in [1.165, 1.54) is 0 Å². The van der Waals surface area contributed by atoms with Crippen molar-refractivity contribution in [2.45, 2.75) is 66.6 Å². The number of rotatable bonds is 7. The molecule has 0 aliphatic rings. The number of benzene rings is 2. The number of hydrogen-bond donors (Lipinski definition) is 1. The highest BCUT2D eigenvalue weighted by Gasteiger charge is 2.28. The van der Waals surface area contributed by atoms with Gasteiger partial charge in [-0.3, -0.25) is 9.59 Å². The number of aryl methyl sites for hydroxylation is 3. The molecule has 0 bridgehead atoms. The zero-order chi connectivity index (χ0) is 23.3. The van der Waals surface area contributed by atoms with Gasteiger partial charge in [0.25, 0.3) is 5.91 Å². The summed E-state index contributed by atoms with van der Waals surface area (Å²) in [5.74, 6) is 0.203. The second kappa shape index (κ2) is 10.3. The van der Waals surface area contributed by atoms with Crippen molar-refractivity contribution in [3.63, 3.8) is 0 Å². The number of ether oxygens (including phenoxy) is 1. The van der Waals surface area contributed by atoms with E-state index in [4.69, 9.17) is 4.74 Å². The molecule has 0 saturated heterocycles. The fourth-order valence-corrected chi connectivity index (χ4v) is 3.51. The van der Waals surface area contributed by atoms with Crippen molar-refractivity contribution in [1.29, 1.82) is 0 Å². The highest BCUT2D eigenvalue weighted by molar-refractivity contribution is 9.10. The molecule has 0 aliphatic carbocycles. The largest absolute Gasteiger partial charge is 0.484 e. The summed E-state index contributed by atoms with van der Waals surface area (Å²) in [6.07, 6.45) is 0. The minimum Gasteiger partial charge on any atom is -0.484 e. The molecule has 0 spiro atoms. The summed E-state index contributed by atoms with van der Waals surface area (Å²) in [6, 6.07) is 11.1. The Labute approximate surface area is 194 Å². The van der Waals surface area contributed by atoms with Crippen LogP contribution in [0, 0.1) is 20.8 Å². The van der Waals surface area contributed by atoms with Gasteiger partial charge in [0.15, 0.2) is 6.61 Å². The van der Waals surface area contributed by atoms with Crippen molar-refractivity contribution < 1.29 is 14.3 Å². The van der Waals surface area contributed by atoms with Gasteiger partial charge in [0.1, 0.15) is 11.8 Å². The third-order valence-corrected chi connectivity index (χ3v) is 6.12. The second-order valence-electron chi connectivity index (χ2n) is 9.09. The highest BCUT2D eigenvalue weighted by Crippen LogP contribution is 2.26. The van der Waals surface area contributed by atoms with Crippen LogP contribution < -0.4 is 10.1 Å². The van der Waals surface area contributed by atoms with E-state index in [0.29, 0.717) is 12.3 Å². The van der Waals surface area contributed by atoms with Gasteiger partial charge in [-0.2, -0.15) is 0 Å². The van der Waals surface area contributed by atoms with E-state index < -0.39 is 6.04 Å². The molecule has 0 aliphatic heterocycles. The summed E-state index contributed by atoms with van der Waals surface area (Å²) in [5, 5.41) is 2.97. The van der Waals surface area contributed by atoms with E-state index in [-0.39, 0.29) is 24.0 Å². The summed E-state index contributed by atoms with van der Waals surface area (Å²) in [4.78, 5) is 27.6. The van der Waals surface area contributed by atoms with Crippen LogP contribution in [-0.4, -0.2) is 34.9 Å². The van der Waals surface area contributed by atoms with E-state index in [1.807, 2.05) is 77.9 Å². The minimum absolute atomic E-state index is 0.139. The lowest BCUT2D eigenvalue weighted by atomic mass is 10.1. The van der Waals surface area contributed by atoms with E-state index in [2.05, 4.69) is 21.2 Å². The lowest BCUT2D eigenvalue weighted by Crippen LogP contribution is -2.53. The molecule has 6 heteroatoms. The summed E-state index contributed by atoms with van der Waals surface area (Å²) in [5.41, 5.74) is 3.77. The predicted molar refractivity (Wildman–Crippen MR) is 128 cm³/mol. The molecule has 2 amide bonds. The van der Waals surface area contributed by atoms with Gasteiger partial charge in [-0.25, -0.2) is 0 Å². The van der Waals surface area contributed by atoms with Gasteiger partial charge in [0.05, 0.1) is 0 Å². The van der Waals surface area contributed by atoms with Gasteiger partial charge in [-0.15, -0.1) is 0 Å². The fourth-order valence-electron chi connectivity index (χ4n) is 3.28. The van der Waals surface area contributed by atoms with Crippen LogP contribution in [0.4, 0.5) is 0 Å². The lowest BCUT2D eigenvalue weighted by molar-refractivity contribution is -0.142. The smallest absolute Gasteiger partial charge is 0.261 e. The molecule has 1 atom stereocenters. The van der Waals surface area contributed by atoms with Gasteiger partial charge in [-0.1, -0.05) is 45.8 Å². The number of nitrogens with one attached hydrogen (secondary N) is 1. The maximum atomic E-state index is 13.2. The maximum absolute atomic E-state index is 13.2. The third-order valence-electron chi connectivity index (χ3n) is 4.87. The lowest BCUT2D eigenvalue weighted by Gasteiger charge is -2.31. The van der Waals surface area contributed by atoms with Crippen LogP contribution in [-0.2, 0) is 16.1 Å². The van der Waals surface area contributed by atoms with Gasteiger partial charge in [0, 0.05) is 16.6 Å². The van der Waals surface area contributed by atoms with E-state index >= 15 is 0 Å². The van der Waals surface area contributed by atoms with Crippen LogP contribution in [0.25, 0.3) is 0 Å². The quantitative estimate of drug-likeness (QED) is 0.590. The number of carbonyl (C=O) groups excluding carboxylic acids is 2. The first-order chi connectivity index (χ1) is 14.4. The van der Waals surface area contributed by atoms with Crippen LogP contribution in [0.1, 0.15) is 49.9 Å². The highest BCUT2D eigenvalue weighted by atomic mass is 79.9. The summed E-state index contributed by atoms with van der Waals surface area (Å²) in [7, 11) is 0. The summed E-state index contributed by atoms with van der Waals surface area (Å²) < 4.78 is 6.84. The van der Waals surface area contributed by atoms with E-state index in [1.54, 1.807) is 11.8 Å². The fraction of sp³-hybridized carbons (Fsp3) is 0.440. The Morgan fingerprint density at radius 3 is 2.26 bits per heavy atom. The van der Waals surface area contributed by atoms with Crippen molar-refractivity contribution >= 4 is 27.7 Å². The molecule has 2 aromatic rings. The molecular formula is C25H33BrN2O3. The van der Waals surface area contributed by atoms with Crippen molar-refractivity contribution in [1.82, 2.24) is 10.2 Å². The molecule has 0 fully saturated rings. The first-order valence-corrected chi connectivity index (χ1v) is 11.2. The molecule has 0 aromatic heterocycles. The Morgan fingerprint density at radius 2 is 1.71 bits per heavy atom. The molecule has 31 heavy (non-hydrogen) atoms. The van der Waals surface area contributed by atoms with Gasteiger partial charge in [-0.05, 0) is 77.3 Å². The molecule has 2 aromatic carbocycles. The average Bonchev–Trinajstić information content (AvgIpc) is 2.66. The molecule has 0 saturated carbocycles. The van der Waals surface area contributed by atoms with E-state index in [9.17, 15) is 9.59 Å². The Morgan fingerprint density at radius 1 is 1.10 bits per heavy atom. The SMILES string of the molecule is Cc1cccc(CN(C(=O)COc2cc(C)c(Br)c(C)c2)[C@H](C)C(=O)NC(C)(C)C)c1. The van der Waals surface area contributed by atoms with Gasteiger partial charge in [0.2, 0.25) is 5.91 Å². The Balaban J connectivity index is 2.21. The van der Waals surface area contributed by atoms with E-state index in [0.717, 1.165) is 26.7 Å². The number of halogens is 1. The molecule has 0 heterocycles. The number of hydrogen-bond acceptors (Lipinski definition) is 3. The topological polar surface area (TPSA) is 58.6 Å². The average molecular weight is 489 g/mol. The van der Waals surface area contributed by atoms with Crippen LogP contribution in [0.3, 0.4) is 0 Å². The van der Waals surface area contributed by atoms with Gasteiger partial charge < -0.3 is 15.0 Å². The van der Waals surface area contributed by atoms with Crippen molar-refractivity contribution in [2.24, 2.45) is 0 Å². The molecule has 168 valence electrons. The Hall–Kier alpha value is -2.34. The molecular weight excluding hydrogens is 456 g/mol. The molecule has 2 rings (SSSR count). The van der Waals surface area contributed by atoms with Crippen LogP contribution in [0.15, 0.2) is 40.9 Å². The zero-order valence-electron chi connectivity index (χ0n) is 19.5. The number of carbonyl (C=O) groups is 2. The molecule has 0 radical (unpaired) electrons. The predicted octanol–water partition coefficient (Wildman–Crippen LogP) is 5.09. The summed E-state index contributed by atoms with van der Waals surface area (Å²) >= 11 is 3.54. The monoisotopic (exact) mass is 488 g/mol. The number of amides is 2. The van der Waals surface area contributed by atoms with Crippen molar-refractivity contribution in [3.8, 4) is 5.75 Å². The molecule has 0 unspecified atom stereocenters. The number of nitrogens with zero attached hydrogens (tertiary/aromatic N) is 1. The first kappa shape index (κ1) is 24.9. The third kappa shape index (κ3) is 7.39. The summed E-state index contributed by atoms with van der Waals surface area (Å²) in [6.45, 7) is 13.7. The van der Waals surface area contributed by atoms with Crippen LogP contribution in [0.2, 0.25) is 0 Å². The Kier molecular flexibility index (Phi) is 8.29.